The first-order valence-electron chi connectivity index (χ1n) is 7.18. The highest BCUT2D eigenvalue weighted by Crippen LogP contribution is 2.33. The topological polar surface area (TPSA) is 49.3 Å². The van der Waals surface area contributed by atoms with Crippen LogP contribution >= 0.6 is 11.6 Å². The van der Waals surface area contributed by atoms with Crippen LogP contribution in [0.3, 0.4) is 0 Å². The highest BCUT2D eigenvalue weighted by Gasteiger charge is 2.37. The van der Waals surface area contributed by atoms with E-state index in [-0.39, 0.29) is 12.5 Å². The van der Waals surface area contributed by atoms with Gasteiger partial charge in [-0.05, 0) is 24.3 Å². The second kappa shape index (κ2) is 6.59. The summed E-state index contributed by atoms with van der Waals surface area (Å²) in [6, 6.07) is 9.30. The summed E-state index contributed by atoms with van der Waals surface area (Å²) in [5, 5.41) is 12.0. The molecule has 3 unspecified atom stereocenters. The molecule has 20 heavy (non-hydrogen) atoms. The number of benzene rings is 1. The summed E-state index contributed by atoms with van der Waals surface area (Å²) in [5.74, 6) is 0.294. The molecular formula is C16H22ClNO2. The number of carbonyl (C=O) groups excluding carboxylic acids is 1. The zero-order chi connectivity index (χ0) is 14.6. The summed E-state index contributed by atoms with van der Waals surface area (Å²) in [6.45, 7) is 2.13. The Bertz CT molecular complexity index is 451. The van der Waals surface area contributed by atoms with Crippen LogP contribution in [-0.2, 0) is 4.79 Å². The molecule has 0 radical (unpaired) electrons. The van der Waals surface area contributed by atoms with Crippen LogP contribution in [0.2, 0.25) is 0 Å². The summed E-state index contributed by atoms with van der Waals surface area (Å²) in [6.07, 6.45) is 3.81. The Labute approximate surface area is 125 Å². The number of hydrogen-bond acceptors (Lipinski definition) is 2. The van der Waals surface area contributed by atoms with Crippen molar-refractivity contribution < 1.29 is 9.90 Å². The zero-order valence-electron chi connectivity index (χ0n) is 11.8. The number of aliphatic hydroxyl groups is 1. The first kappa shape index (κ1) is 15.3. The lowest BCUT2D eigenvalue weighted by Crippen LogP contribution is -2.54. The van der Waals surface area contributed by atoms with Crippen molar-refractivity contribution in [3.05, 3.63) is 35.9 Å². The summed E-state index contributed by atoms with van der Waals surface area (Å²) in [5.41, 5.74) is 0.278. The van der Waals surface area contributed by atoms with E-state index in [1.807, 2.05) is 30.3 Å². The van der Waals surface area contributed by atoms with Gasteiger partial charge in [-0.1, -0.05) is 50.1 Å². The van der Waals surface area contributed by atoms with Gasteiger partial charge < -0.3 is 10.4 Å². The molecule has 0 spiro atoms. The Balaban J connectivity index is 2.06. The molecule has 110 valence electrons. The second-order valence-corrected chi connectivity index (χ2v) is 6.34. The van der Waals surface area contributed by atoms with E-state index in [2.05, 4.69) is 12.2 Å². The first-order chi connectivity index (χ1) is 9.56. The monoisotopic (exact) mass is 295 g/mol. The minimum Gasteiger partial charge on any atom is -0.394 e. The van der Waals surface area contributed by atoms with Crippen molar-refractivity contribution >= 4 is 17.5 Å². The van der Waals surface area contributed by atoms with Gasteiger partial charge in [0.15, 0.2) is 0 Å². The van der Waals surface area contributed by atoms with Crippen LogP contribution in [0, 0.1) is 5.92 Å². The van der Waals surface area contributed by atoms with Gasteiger partial charge in [-0.2, -0.15) is 0 Å². The number of hydrogen-bond donors (Lipinski definition) is 2. The molecule has 1 saturated carbocycles. The van der Waals surface area contributed by atoms with E-state index in [9.17, 15) is 9.90 Å². The lowest BCUT2D eigenvalue weighted by atomic mass is 9.76. The molecule has 4 heteroatoms. The van der Waals surface area contributed by atoms with Crippen molar-refractivity contribution in [1.29, 1.82) is 0 Å². The number of halogens is 1. The third kappa shape index (κ3) is 3.53. The Morgan fingerprint density at radius 2 is 2.20 bits per heavy atom. The maximum atomic E-state index is 12.3. The average Bonchev–Trinajstić information content (AvgIpc) is 2.47. The lowest BCUT2D eigenvalue weighted by molar-refractivity contribution is -0.124. The van der Waals surface area contributed by atoms with E-state index in [0.29, 0.717) is 5.92 Å². The van der Waals surface area contributed by atoms with Crippen molar-refractivity contribution in [2.24, 2.45) is 5.92 Å². The van der Waals surface area contributed by atoms with Gasteiger partial charge in [0.1, 0.15) is 5.38 Å². The smallest absolute Gasteiger partial charge is 0.243 e. The third-order valence-corrected chi connectivity index (χ3v) is 4.56. The number of carbonyl (C=O) groups is 1. The summed E-state index contributed by atoms with van der Waals surface area (Å²) < 4.78 is 0. The maximum absolute atomic E-state index is 12.3. The molecule has 2 N–H and O–H groups in total. The molecule has 1 aliphatic rings. The molecule has 3 atom stereocenters. The van der Waals surface area contributed by atoms with Crippen molar-refractivity contribution in [3.8, 4) is 0 Å². The molecular weight excluding hydrogens is 274 g/mol. The fourth-order valence-corrected chi connectivity index (χ4v) is 3.25. The number of rotatable bonds is 4. The average molecular weight is 296 g/mol. The predicted octanol–water partition coefficient (Wildman–Crippen LogP) is 3.02. The summed E-state index contributed by atoms with van der Waals surface area (Å²) in [7, 11) is 0. The largest absolute Gasteiger partial charge is 0.394 e. The molecule has 1 amide bonds. The summed E-state index contributed by atoms with van der Waals surface area (Å²) in [4.78, 5) is 12.3. The second-order valence-electron chi connectivity index (χ2n) is 5.90. The number of alkyl halides is 1. The lowest BCUT2D eigenvalue weighted by Gasteiger charge is -2.39. The van der Waals surface area contributed by atoms with Gasteiger partial charge >= 0.3 is 0 Å². The molecule has 0 saturated heterocycles. The van der Waals surface area contributed by atoms with Gasteiger partial charge in [-0.3, -0.25) is 4.79 Å². The highest BCUT2D eigenvalue weighted by molar-refractivity contribution is 6.30. The van der Waals surface area contributed by atoms with Crippen LogP contribution < -0.4 is 5.32 Å². The minimum absolute atomic E-state index is 0.0263. The Morgan fingerprint density at radius 3 is 2.80 bits per heavy atom. The quantitative estimate of drug-likeness (QED) is 0.839. The third-order valence-electron chi connectivity index (χ3n) is 4.10. The molecule has 1 fully saturated rings. The van der Waals surface area contributed by atoms with Gasteiger partial charge in [-0.15, -0.1) is 11.6 Å². The Hall–Kier alpha value is -1.06. The highest BCUT2D eigenvalue weighted by atomic mass is 35.5. The van der Waals surface area contributed by atoms with Crippen LogP contribution in [0.25, 0.3) is 0 Å². The van der Waals surface area contributed by atoms with Crippen LogP contribution in [0.4, 0.5) is 0 Å². The molecule has 2 rings (SSSR count). The van der Waals surface area contributed by atoms with Crippen LogP contribution in [0.15, 0.2) is 30.3 Å². The molecule has 1 aromatic rings. The number of nitrogens with one attached hydrogen (secondary N) is 1. The molecule has 3 nitrogen and oxygen atoms in total. The number of amides is 1. The van der Waals surface area contributed by atoms with Crippen molar-refractivity contribution in [2.75, 3.05) is 6.61 Å². The fraction of sp³-hybridized carbons (Fsp3) is 0.562. The van der Waals surface area contributed by atoms with E-state index in [0.717, 1.165) is 31.2 Å². The first-order valence-corrected chi connectivity index (χ1v) is 7.62. The number of aliphatic hydroxyl groups excluding tert-OH is 1. The molecule has 0 aromatic heterocycles. The molecule has 1 aromatic carbocycles. The van der Waals surface area contributed by atoms with E-state index in [1.165, 1.54) is 0 Å². The van der Waals surface area contributed by atoms with Crippen molar-refractivity contribution in [2.45, 2.75) is 43.5 Å². The minimum atomic E-state index is -0.711. The molecule has 0 aliphatic heterocycles. The van der Waals surface area contributed by atoms with Gasteiger partial charge in [0.05, 0.1) is 12.1 Å². The van der Waals surface area contributed by atoms with Crippen molar-refractivity contribution in [3.63, 3.8) is 0 Å². The molecule has 1 aliphatic carbocycles. The molecule has 0 heterocycles. The normalized spacial score (nSPS) is 27.9. The Morgan fingerprint density at radius 1 is 1.50 bits per heavy atom. The maximum Gasteiger partial charge on any atom is 0.243 e. The van der Waals surface area contributed by atoms with Gasteiger partial charge in [0.25, 0.3) is 0 Å². The van der Waals surface area contributed by atoms with Crippen LogP contribution in [0.1, 0.15) is 43.5 Å². The van der Waals surface area contributed by atoms with Crippen LogP contribution in [-0.4, -0.2) is 23.2 Å². The molecule has 0 bridgehead atoms. The van der Waals surface area contributed by atoms with E-state index >= 15 is 0 Å². The SMILES string of the molecule is CC1CCCC(CO)(NC(=O)C(Cl)c2ccccc2)C1. The van der Waals surface area contributed by atoms with E-state index < -0.39 is 10.9 Å². The van der Waals surface area contributed by atoms with Crippen LogP contribution in [0.5, 0.6) is 0 Å². The van der Waals surface area contributed by atoms with E-state index in [1.54, 1.807) is 0 Å². The van der Waals surface area contributed by atoms with Gasteiger partial charge in [-0.25, -0.2) is 0 Å². The van der Waals surface area contributed by atoms with Gasteiger partial charge in [0, 0.05) is 0 Å². The van der Waals surface area contributed by atoms with Gasteiger partial charge in [0.2, 0.25) is 5.91 Å². The predicted molar refractivity (Wildman–Crippen MR) is 80.6 cm³/mol. The zero-order valence-corrected chi connectivity index (χ0v) is 12.6. The fourth-order valence-electron chi connectivity index (χ4n) is 3.05. The van der Waals surface area contributed by atoms with E-state index in [4.69, 9.17) is 11.6 Å². The standard InChI is InChI=1S/C16H22ClNO2/c1-12-6-5-9-16(10-12,11-19)18-15(20)14(17)13-7-3-2-4-8-13/h2-4,7-8,12,14,19H,5-6,9-11H2,1H3,(H,18,20). The summed E-state index contributed by atoms with van der Waals surface area (Å²) >= 11 is 6.24. The van der Waals surface area contributed by atoms with Crippen molar-refractivity contribution in [1.82, 2.24) is 5.32 Å². The Kier molecular flexibility index (Phi) is 5.06.